The molecule has 0 radical (unpaired) electrons. The molecular formula is C14H17NO4. The monoisotopic (exact) mass is 263 g/mol. The first-order chi connectivity index (χ1) is 9.09. The molecule has 2 rings (SSSR count). The number of piperidine rings is 1. The van der Waals surface area contributed by atoms with Crippen LogP contribution in [-0.4, -0.2) is 35.2 Å². The minimum Gasteiger partial charge on any atom is -0.449 e. The summed E-state index contributed by atoms with van der Waals surface area (Å²) in [6.07, 6.45) is 0.170. The third-order valence-electron chi connectivity index (χ3n) is 3.26. The Morgan fingerprint density at radius 1 is 1.42 bits per heavy atom. The number of ether oxygens (including phenoxy) is 1. The third kappa shape index (κ3) is 2.46. The lowest BCUT2D eigenvalue weighted by Gasteiger charge is -2.36. The van der Waals surface area contributed by atoms with Crippen molar-refractivity contribution < 1.29 is 19.4 Å². The highest BCUT2D eigenvalue weighted by Gasteiger charge is 2.46. The minimum absolute atomic E-state index is 0.201. The molecule has 0 unspecified atom stereocenters. The zero-order chi connectivity index (χ0) is 13.9. The fourth-order valence-electron chi connectivity index (χ4n) is 2.28. The molecule has 5 heteroatoms. The molecule has 1 aliphatic rings. The molecule has 1 aromatic rings. The number of aliphatic hydroxyl groups is 1. The smallest absolute Gasteiger partial charge is 0.416 e. The molecule has 0 aromatic heterocycles. The molecule has 0 bridgehead atoms. The van der Waals surface area contributed by atoms with Gasteiger partial charge in [-0.05, 0) is 25.3 Å². The first-order valence-electron chi connectivity index (χ1n) is 6.36. The van der Waals surface area contributed by atoms with E-state index in [1.54, 1.807) is 31.2 Å². The van der Waals surface area contributed by atoms with Gasteiger partial charge in [-0.3, -0.25) is 4.79 Å². The van der Waals surface area contributed by atoms with Crippen LogP contribution in [0.15, 0.2) is 30.3 Å². The van der Waals surface area contributed by atoms with Crippen molar-refractivity contribution in [2.75, 3.05) is 13.2 Å². The van der Waals surface area contributed by atoms with Crippen LogP contribution in [0.4, 0.5) is 4.79 Å². The molecule has 1 fully saturated rings. The molecule has 0 saturated carbocycles. The maximum absolute atomic E-state index is 12.3. The Bertz CT molecular complexity index is 474. The van der Waals surface area contributed by atoms with Crippen molar-refractivity contribution in [2.24, 2.45) is 0 Å². The van der Waals surface area contributed by atoms with Gasteiger partial charge in [0.2, 0.25) is 0 Å². The fraction of sp³-hybridized carbons (Fsp3) is 0.429. The first-order valence-corrected chi connectivity index (χ1v) is 6.36. The van der Waals surface area contributed by atoms with Crippen molar-refractivity contribution in [3.05, 3.63) is 35.9 Å². The van der Waals surface area contributed by atoms with Crippen LogP contribution in [0.3, 0.4) is 0 Å². The highest BCUT2D eigenvalue weighted by molar-refractivity contribution is 5.98. The Labute approximate surface area is 111 Å². The van der Waals surface area contributed by atoms with Crippen molar-refractivity contribution in [3.63, 3.8) is 0 Å². The molecule has 102 valence electrons. The molecule has 1 heterocycles. The maximum atomic E-state index is 12.3. The van der Waals surface area contributed by atoms with Gasteiger partial charge < -0.3 is 9.84 Å². The molecular weight excluding hydrogens is 246 g/mol. The lowest BCUT2D eigenvalue weighted by atomic mass is 9.85. The van der Waals surface area contributed by atoms with Gasteiger partial charge in [-0.2, -0.15) is 0 Å². The number of benzene rings is 1. The molecule has 1 aromatic carbocycles. The number of hydrogen-bond acceptors (Lipinski definition) is 4. The van der Waals surface area contributed by atoms with E-state index in [1.165, 1.54) is 0 Å². The quantitative estimate of drug-likeness (QED) is 0.881. The fourth-order valence-corrected chi connectivity index (χ4v) is 2.28. The number of imide groups is 1. The number of likely N-dealkylation sites (tertiary alicyclic amines) is 1. The van der Waals surface area contributed by atoms with E-state index in [4.69, 9.17) is 4.74 Å². The predicted octanol–water partition coefficient (Wildman–Crippen LogP) is 1.65. The van der Waals surface area contributed by atoms with Crippen LogP contribution < -0.4 is 0 Å². The molecule has 19 heavy (non-hydrogen) atoms. The van der Waals surface area contributed by atoms with Crippen LogP contribution in [0.25, 0.3) is 0 Å². The SMILES string of the molecule is CCOC(=O)N1CCC[C@@](O)(c2ccccc2)C1=O. The summed E-state index contributed by atoms with van der Waals surface area (Å²) in [5.74, 6) is -0.608. The highest BCUT2D eigenvalue weighted by Crippen LogP contribution is 2.32. The molecule has 1 atom stereocenters. The Hall–Kier alpha value is -1.88. The summed E-state index contributed by atoms with van der Waals surface area (Å²) in [4.78, 5) is 25.0. The van der Waals surface area contributed by atoms with E-state index in [2.05, 4.69) is 0 Å². The van der Waals surface area contributed by atoms with Crippen LogP contribution in [0.5, 0.6) is 0 Å². The molecule has 1 saturated heterocycles. The summed E-state index contributed by atoms with van der Waals surface area (Å²) in [5, 5.41) is 10.6. The summed E-state index contributed by atoms with van der Waals surface area (Å²) < 4.78 is 4.84. The van der Waals surface area contributed by atoms with E-state index in [0.29, 0.717) is 18.4 Å². The van der Waals surface area contributed by atoms with Crippen LogP contribution in [0.1, 0.15) is 25.3 Å². The van der Waals surface area contributed by atoms with Crippen LogP contribution in [-0.2, 0) is 15.1 Å². The largest absolute Gasteiger partial charge is 0.449 e. The summed E-state index contributed by atoms with van der Waals surface area (Å²) in [6, 6.07) is 8.69. The lowest BCUT2D eigenvalue weighted by Crippen LogP contribution is -2.53. The van der Waals surface area contributed by atoms with E-state index >= 15 is 0 Å². The van der Waals surface area contributed by atoms with Crippen molar-refractivity contribution in [3.8, 4) is 0 Å². The molecule has 5 nitrogen and oxygen atoms in total. The van der Waals surface area contributed by atoms with Gasteiger partial charge in [0.05, 0.1) is 6.61 Å². The number of hydrogen-bond donors (Lipinski definition) is 1. The number of amides is 2. The summed E-state index contributed by atoms with van der Waals surface area (Å²) in [6.45, 7) is 2.16. The molecule has 0 aliphatic carbocycles. The first kappa shape index (κ1) is 13.5. The second-order valence-corrected chi connectivity index (χ2v) is 4.49. The van der Waals surface area contributed by atoms with Gasteiger partial charge in [0.15, 0.2) is 5.60 Å². The second-order valence-electron chi connectivity index (χ2n) is 4.49. The van der Waals surface area contributed by atoms with Crippen LogP contribution in [0.2, 0.25) is 0 Å². The molecule has 0 spiro atoms. The summed E-state index contributed by atoms with van der Waals surface area (Å²) in [7, 11) is 0. The number of rotatable bonds is 2. The van der Waals surface area contributed by atoms with E-state index in [9.17, 15) is 14.7 Å². The van der Waals surface area contributed by atoms with Crippen LogP contribution >= 0.6 is 0 Å². The third-order valence-corrected chi connectivity index (χ3v) is 3.26. The molecule has 1 aliphatic heterocycles. The van der Waals surface area contributed by atoms with Gasteiger partial charge in [-0.1, -0.05) is 30.3 Å². The zero-order valence-corrected chi connectivity index (χ0v) is 10.8. The number of carbonyl (C=O) groups is 2. The van der Waals surface area contributed by atoms with Gasteiger partial charge in [-0.25, -0.2) is 9.69 Å². The highest BCUT2D eigenvalue weighted by atomic mass is 16.6. The summed E-state index contributed by atoms with van der Waals surface area (Å²) in [5.41, 5.74) is -1.12. The standard InChI is InChI=1S/C14H17NO4/c1-2-19-13(17)15-10-6-9-14(18,12(15)16)11-7-4-3-5-8-11/h3-5,7-8,18H,2,6,9-10H2,1H3/t14-/m1/s1. The van der Waals surface area contributed by atoms with E-state index in [0.717, 1.165) is 4.90 Å². The van der Waals surface area contributed by atoms with Gasteiger partial charge in [0, 0.05) is 6.54 Å². The Balaban J connectivity index is 2.27. The Kier molecular flexibility index (Phi) is 3.85. The van der Waals surface area contributed by atoms with Gasteiger partial charge in [0.25, 0.3) is 5.91 Å². The van der Waals surface area contributed by atoms with Gasteiger partial charge in [0.1, 0.15) is 0 Å². The van der Waals surface area contributed by atoms with Crippen molar-refractivity contribution in [1.82, 2.24) is 4.90 Å². The number of nitrogens with zero attached hydrogens (tertiary/aromatic N) is 1. The zero-order valence-electron chi connectivity index (χ0n) is 10.8. The normalized spacial score (nSPS) is 23.3. The van der Waals surface area contributed by atoms with E-state index in [1.807, 2.05) is 6.07 Å². The van der Waals surface area contributed by atoms with Crippen molar-refractivity contribution >= 4 is 12.0 Å². The lowest BCUT2D eigenvalue weighted by molar-refractivity contribution is -0.156. The van der Waals surface area contributed by atoms with Crippen molar-refractivity contribution in [2.45, 2.75) is 25.4 Å². The topological polar surface area (TPSA) is 66.8 Å². The maximum Gasteiger partial charge on any atom is 0.416 e. The van der Waals surface area contributed by atoms with Gasteiger partial charge in [-0.15, -0.1) is 0 Å². The van der Waals surface area contributed by atoms with Crippen LogP contribution in [0, 0.1) is 0 Å². The molecule has 2 amide bonds. The van der Waals surface area contributed by atoms with Gasteiger partial charge >= 0.3 is 6.09 Å². The van der Waals surface area contributed by atoms with Crippen molar-refractivity contribution in [1.29, 1.82) is 0 Å². The Morgan fingerprint density at radius 2 is 2.11 bits per heavy atom. The molecule has 1 N–H and O–H groups in total. The Morgan fingerprint density at radius 3 is 2.74 bits per heavy atom. The number of carbonyl (C=O) groups excluding carboxylic acids is 2. The predicted molar refractivity (Wildman–Crippen MR) is 68.3 cm³/mol. The van der Waals surface area contributed by atoms with E-state index in [-0.39, 0.29) is 13.2 Å². The van der Waals surface area contributed by atoms with E-state index < -0.39 is 17.6 Å². The minimum atomic E-state index is -1.63. The average Bonchev–Trinajstić information content (AvgIpc) is 2.43. The second kappa shape index (κ2) is 5.40. The average molecular weight is 263 g/mol. The summed E-state index contributed by atoms with van der Waals surface area (Å²) >= 11 is 0.